The molecule has 3 heterocycles. The summed E-state index contributed by atoms with van der Waals surface area (Å²) in [7, 11) is 0. The van der Waals surface area contributed by atoms with Gasteiger partial charge in [-0.1, -0.05) is 12.8 Å². The molecular formula is C17H22N4O. The van der Waals surface area contributed by atoms with E-state index >= 15 is 0 Å². The van der Waals surface area contributed by atoms with Crippen molar-refractivity contribution in [2.45, 2.75) is 25.7 Å². The predicted molar refractivity (Wildman–Crippen MR) is 86.8 cm³/mol. The van der Waals surface area contributed by atoms with Gasteiger partial charge in [-0.3, -0.25) is 14.8 Å². The summed E-state index contributed by atoms with van der Waals surface area (Å²) in [6, 6.07) is 3.58. The third-order valence-electron chi connectivity index (χ3n) is 4.20. The van der Waals surface area contributed by atoms with Crippen molar-refractivity contribution in [2.24, 2.45) is 0 Å². The highest BCUT2D eigenvalue weighted by Gasteiger charge is 2.12. The fourth-order valence-corrected chi connectivity index (χ4v) is 2.97. The van der Waals surface area contributed by atoms with Crippen LogP contribution in [0.4, 0.5) is 0 Å². The Labute approximate surface area is 130 Å². The Kier molecular flexibility index (Phi) is 4.96. The largest absolute Gasteiger partial charge is 0.351 e. The molecule has 0 bridgehead atoms. The molecule has 0 atom stereocenters. The Bertz CT molecular complexity index is 630. The fraction of sp³-hybridized carbons (Fsp3) is 0.471. The number of nitrogens with zero attached hydrogens (tertiary/aromatic N) is 3. The van der Waals surface area contributed by atoms with E-state index in [9.17, 15) is 4.79 Å². The van der Waals surface area contributed by atoms with Gasteiger partial charge in [-0.05, 0) is 38.1 Å². The second-order valence-electron chi connectivity index (χ2n) is 5.76. The topological polar surface area (TPSA) is 58.1 Å². The number of likely N-dealkylation sites (tertiary alicyclic amines) is 1. The van der Waals surface area contributed by atoms with E-state index in [-0.39, 0.29) is 5.91 Å². The van der Waals surface area contributed by atoms with Gasteiger partial charge < -0.3 is 10.2 Å². The molecular weight excluding hydrogens is 276 g/mol. The van der Waals surface area contributed by atoms with Crippen LogP contribution in [0.25, 0.3) is 10.9 Å². The van der Waals surface area contributed by atoms with Crippen LogP contribution in [-0.4, -0.2) is 47.0 Å². The van der Waals surface area contributed by atoms with Crippen LogP contribution in [0.15, 0.2) is 30.7 Å². The number of carbonyl (C=O) groups is 1. The number of aromatic nitrogens is 2. The number of fused-ring (bicyclic) bond motifs is 1. The molecule has 3 rings (SSSR count). The normalized spacial score (nSPS) is 16.4. The Morgan fingerprint density at radius 2 is 1.95 bits per heavy atom. The van der Waals surface area contributed by atoms with Crippen LogP contribution < -0.4 is 5.32 Å². The number of nitrogens with one attached hydrogen (secondary N) is 1. The van der Waals surface area contributed by atoms with Gasteiger partial charge in [-0.15, -0.1) is 0 Å². The zero-order valence-electron chi connectivity index (χ0n) is 12.8. The average Bonchev–Trinajstić information content (AvgIpc) is 2.83. The smallest absolute Gasteiger partial charge is 0.252 e. The van der Waals surface area contributed by atoms with Crippen molar-refractivity contribution in [1.82, 2.24) is 20.2 Å². The van der Waals surface area contributed by atoms with Gasteiger partial charge in [0.15, 0.2) is 0 Å². The number of rotatable bonds is 4. The molecule has 2 aromatic heterocycles. The van der Waals surface area contributed by atoms with Gasteiger partial charge in [0, 0.05) is 37.1 Å². The first kappa shape index (κ1) is 14.9. The van der Waals surface area contributed by atoms with Gasteiger partial charge in [0.1, 0.15) is 0 Å². The molecule has 5 nitrogen and oxygen atoms in total. The zero-order valence-corrected chi connectivity index (χ0v) is 12.8. The van der Waals surface area contributed by atoms with Gasteiger partial charge >= 0.3 is 0 Å². The molecule has 1 aliphatic heterocycles. The molecule has 1 aliphatic rings. The molecule has 1 N–H and O–H groups in total. The van der Waals surface area contributed by atoms with Crippen molar-refractivity contribution in [2.75, 3.05) is 26.2 Å². The molecule has 1 amide bonds. The van der Waals surface area contributed by atoms with E-state index in [0.717, 1.165) is 30.5 Å². The number of hydrogen-bond acceptors (Lipinski definition) is 4. The van der Waals surface area contributed by atoms with E-state index in [4.69, 9.17) is 0 Å². The van der Waals surface area contributed by atoms with E-state index in [1.165, 1.54) is 25.7 Å². The lowest BCUT2D eigenvalue weighted by Gasteiger charge is -2.19. The van der Waals surface area contributed by atoms with Crippen molar-refractivity contribution in [3.8, 4) is 0 Å². The molecule has 0 saturated carbocycles. The Morgan fingerprint density at radius 1 is 1.14 bits per heavy atom. The van der Waals surface area contributed by atoms with Crippen molar-refractivity contribution in [3.05, 3.63) is 36.3 Å². The van der Waals surface area contributed by atoms with Crippen molar-refractivity contribution < 1.29 is 4.79 Å². The molecule has 1 fully saturated rings. The lowest BCUT2D eigenvalue weighted by molar-refractivity contribution is 0.0950. The summed E-state index contributed by atoms with van der Waals surface area (Å²) in [4.78, 5) is 23.2. The highest BCUT2D eigenvalue weighted by Crippen LogP contribution is 2.14. The standard InChI is InChI=1S/C17H22N4O/c22-17(20-9-12-21-10-3-1-2-4-11-21)14-5-8-19-16-6-7-18-13-15(14)16/h5-8,13H,1-4,9-12H2,(H,20,22). The summed E-state index contributed by atoms with van der Waals surface area (Å²) in [6.07, 6.45) is 10.3. The Morgan fingerprint density at radius 3 is 2.77 bits per heavy atom. The van der Waals surface area contributed by atoms with Crippen molar-refractivity contribution in [3.63, 3.8) is 0 Å². The summed E-state index contributed by atoms with van der Waals surface area (Å²) in [5.74, 6) is -0.0461. The van der Waals surface area contributed by atoms with Gasteiger partial charge in [0.25, 0.3) is 5.91 Å². The molecule has 0 unspecified atom stereocenters. The van der Waals surface area contributed by atoms with Gasteiger partial charge in [-0.2, -0.15) is 0 Å². The number of pyridine rings is 2. The van der Waals surface area contributed by atoms with Crippen LogP contribution in [0, 0.1) is 0 Å². The monoisotopic (exact) mass is 298 g/mol. The molecule has 0 aliphatic carbocycles. The first-order valence-corrected chi connectivity index (χ1v) is 8.04. The van der Waals surface area contributed by atoms with E-state index in [2.05, 4.69) is 20.2 Å². The lowest BCUT2D eigenvalue weighted by atomic mass is 10.1. The van der Waals surface area contributed by atoms with Crippen LogP contribution in [-0.2, 0) is 0 Å². The summed E-state index contributed by atoms with van der Waals surface area (Å²) >= 11 is 0. The van der Waals surface area contributed by atoms with Crippen LogP contribution in [0.1, 0.15) is 36.0 Å². The second kappa shape index (κ2) is 7.31. The Balaban J connectivity index is 1.59. The molecule has 5 heteroatoms. The second-order valence-corrected chi connectivity index (χ2v) is 5.76. The Hall–Kier alpha value is -2.01. The molecule has 1 saturated heterocycles. The predicted octanol–water partition coefficient (Wildman–Crippen LogP) is 2.24. The first-order chi connectivity index (χ1) is 10.8. The maximum absolute atomic E-state index is 12.4. The molecule has 116 valence electrons. The minimum absolute atomic E-state index is 0.0461. The summed E-state index contributed by atoms with van der Waals surface area (Å²) in [5.41, 5.74) is 1.45. The fourth-order valence-electron chi connectivity index (χ4n) is 2.97. The molecule has 0 radical (unpaired) electrons. The number of hydrogen-bond donors (Lipinski definition) is 1. The summed E-state index contributed by atoms with van der Waals surface area (Å²) in [5, 5.41) is 3.83. The van der Waals surface area contributed by atoms with Crippen molar-refractivity contribution in [1.29, 1.82) is 0 Å². The highest BCUT2D eigenvalue weighted by atomic mass is 16.1. The minimum atomic E-state index is -0.0461. The van der Waals surface area contributed by atoms with Crippen molar-refractivity contribution >= 4 is 16.8 Å². The van der Waals surface area contributed by atoms with E-state index in [0.29, 0.717) is 12.1 Å². The lowest BCUT2D eigenvalue weighted by Crippen LogP contribution is -2.35. The van der Waals surface area contributed by atoms with Crippen LogP contribution >= 0.6 is 0 Å². The highest BCUT2D eigenvalue weighted by molar-refractivity contribution is 6.05. The van der Waals surface area contributed by atoms with Crippen LogP contribution in [0.3, 0.4) is 0 Å². The van der Waals surface area contributed by atoms with Gasteiger partial charge in [0.05, 0.1) is 11.1 Å². The third kappa shape index (κ3) is 3.60. The van der Waals surface area contributed by atoms with Crippen LogP contribution in [0.2, 0.25) is 0 Å². The molecule has 0 aromatic carbocycles. The average molecular weight is 298 g/mol. The summed E-state index contributed by atoms with van der Waals surface area (Å²) in [6.45, 7) is 3.91. The van der Waals surface area contributed by atoms with Crippen LogP contribution in [0.5, 0.6) is 0 Å². The van der Waals surface area contributed by atoms with Gasteiger partial charge in [0.2, 0.25) is 0 Å². The van der Waals surface area contributed by atoms with E-state index in [1.54, 1.807) is 24.7 Å². The SMILES string of the molecule is O=C(NCCN1CCCCCC1)c1ccnc2ccncc12. The van der Waals surface area contributed by atoms with Gasteiger partial charge in [-0.25, -0.2) is 0 Å². The number of carbonyl (C=O) groups excluding carboxylic acids is 1. The van der Waals surface area contributed by atoms with E-state index < -0.39 is 0 Å². The maximum Gasteiger partial charge on any atom is 0.252 e. The molecule has 2 aromatic rings. The zero-order chi connectivity index (χ0) is 15.2. The number of amides is 1. The summed E-state index contributed by atoms with van der Waals surface area (Å²) < 4.78 is 0. The molecule has 22 heavy (non-hydrogen) atoms. The van der Waals surface area contributed by atoms with E-state index in [1.807, 2.05) is 6.07 Å². The maximum atomic E-state index is 12.4. The quantitative estimate of drug-likeness (QED) is 0.940. The first-order valence-electron chi connectivity index (χ1n) is 8.04. The third-order valence-corrected chi connectivity index (χ3v) is 4.20. The molecule has 0 spiro atoms. The minimum Gasteiger partial charge on any atom is -0.351 e.